The summed E-state index contributed by atoms with van der Waals surface area (Å²) in [6.07, 6.45) is 3.86. The Bertz CT molecular complexity index is 1100. The minimum absolute atomic E-state index is 0.241. The highest BCUT2D eigenvalue weighted by Crippen LogP contribution is 2.32. The predicted octanol–water partition coefficient (Wildman–Crippen LogP) is 3.42. The molecule has 1 aromatic heterocycles. The van der Waals surface area contributed by atoms with Crippen molar-refractivity contribution in [2.45, 2.75) is 23.8 Å². The normalized spacial score (nSPS) is 16.2. The Kier molecular flexibility index (Phi) is 5.27. The average Bonchev–Trinajstić information content (AvgIpc) is 3.19. The second-order valence-corrected chi connectivity index (χ2v) is 9.46. The van der Waals surface area contributed by atoms with E-state index in [1.54, 1.807) is 37.6 Å². The first-order valence-electron chi connectivity index (χ1n) is 9.83. The number of rotatable bonds is 5. The van der Waals surface area contributed by atoms with Crippen LogP contribution in [0.15, 0.2) is 59.6 Å². The number of aromatic nitrogens is 1. The largest absolute Gasteiger partial charge is 0.497 e. The molecule has 6 nitrogen and oxygen atoms in total. The highest BCUT2D eigenvalue weighted by atomic mass is 32.2. The molecule has 0 atom stereocenters. The molecule has 0 N–H and O–H groups in total. The Morgan fingerprint density at radius 3 is 2.38 bits per heavy atom. The Hall–Kier alpha value is -2.51. The molecule has 7 heteroatoms. The molecule has 0 spiro atoms. The lowest BCUT2D eigenvalue weighted by molar-refractivity contribution is 0.253. The Morgan fingerprint density at radius 2 is 1.72 bits per heavy atom. The molecule has 0 aliphatic carbocycles. The quantitative estimate of drug-likeness (QED) is 0.642. The van der Waals surface area contributed by atoms with Crippen molar-refractivity contribution in [3.05, 3.63) is 54.7 Å². The molecule has 2 aromatic carbocycles. The van der Waals surface area contributed by atoms with Crippen molar-refractivity contribution in [3.63, 3.8) is 0 Å². The number of fused-ring (bicyclic) bond motifs is 1. The molecule has 0 saturated carbocycles. The van der Waals surface area contributed by atoms with Gasteiger partial charge in [0.05, 0.1) is 17.5 Å². The van der Waals surface area contributed by atoms with E-state index in [1.165, 1.54) is 3.97 Å². The van der Waals surface area contributed by atoms with Crippen LogP contribution in [0.3, 0.4) is 0 Å². The van der Waals surface area contributed by atoms with E-state index >= 15 is 0 Å². The number of benzene rings is 2. The van der Waals surface area contributed by atoms with Gasteiger partial charge in [-0.15, -0.1) is 0 Å². The maximum absolute atomic E-state index is 13.2. The molecule has 29 heavy (non-hydrogen) atoms. The van der Waals surface area contributed by atoms with Crippen molar-refractivity contribution in [2.75, 3.05) is 39.2 Å². The smallest absolute Gasteiger partial charge is 0.268 e. The van der Waals surface area contributed by atoms with Crippen LogP contribution in [0.5, 0.6) is 5.75 Å². The number of anilines is 1. The molecule has 1 aliphatic heterocycles. The van der Waals surface area contributed by atoms with E-state index in [-0.39, 0.29) is 4.90 Å². The maximum atomic E-state index is 13.2. The lowest BCUT2D eigenvalue weighted by atomic mass is 10.0. The van der Waals surface area contributed by atoms with Crippen LogP contribution < -0.4 is 9.64 Å². The fraction of sp³-hybridized carbons (Fsp3) is 0.364. The summed E-state index contributed by atoms with van der Waals surface area (Å²) < 4.78 is 33.0. The molecule has 1 aliphatic rings. The minimum atomic E-state index is -3.69. The second-order valence-electron chi connectivity index (χ2n) is 7.65. The summed E-state index contributed by atoms with van der Waals surface area (Å²) in [6.45, 7) is 2.16. The SMILES string of the molecule is COc1ccc(S(=O)(=O)n2ccc3c(N(C)C4CCN(C)CC4)cccc32)cc1. The van der Waals surface area contributed by atoms with Crippen LogP contribution >= 0.6 is 0 Å². The van der Waals surface area contributed by atoms with E-state index in [0.29, 0.717) is 17.3 Å². The van der Waals surface area contributed by atoms with Crippen molar-refractivity contribution in [1.29, 1.82) is 0 Å². The third-order valence-corrected chi connectivity index (χ3v) is 7.61. The van der Waals surface area contributed by atoms with Gasteiger partial charge in [-0.25, -0.2) is 12.4 Å². The molecular formula is C22H27N3O3S. The zero-order chi connectivity index (χ0) is 20.6. The van der Waals surface area contributed by atoms with Crippen LogP contribution in [0.2, 0.25) is 0 Å². The van der Waals surface area contributed by atoms with Crippen LogP contribution in [0, 0.1) is 0 Å². The number of hydrogen-bond donors (Lipinski definition) is 0. The van der Waals surface area contributed by atoms with Gasteiger partial charge in [0.25, 0.3) is 10.0 Å². The fourth-order valence-electron chi connectivity index (χ4n) is 4.08. The van der Waals surface area contributed by atoms with Crippen molar-refractivity contribution in [1.82, 2.24) is 8.87 Å². The molecule has 0 bridgehead atoms. The standard InChI is InChI=1S/C22H27N3O3S/c1-23-14-11-17(12-15-23)24(2)21-5-4-6-22-20(21)13-16-25(22)29(26,27)19-9-7-18(28-3)8-10-19/h4-10,13,16-17H,11-12,14-15H2,1-3H3. The Balaban J connectivity index is 1.71. The van der Waals surface area contributed by atoms with Gasteiger partial charge in [0.15, 0.2) is 0 Å². The monoisotopic (exact) mass is 413 g/mol. The van der Waals surface area contributed by atoms with Crippen molar-refractivity contribution in [2.24, 2.45) is 0 Å². The van der Waals surface area contributed by atoms with Gasteiger partial charge in [-0.05, 0) is 75.4 Å². The lowest BCUT2D eigenvalue weighted by Gasteiger charge is -2.36. The number of likely N-dealkylation sites (tertiary alicyclic amines) is 1. The van der Waals surface area contributed by atoms with E-state index in [9.17, 15) is 8.42 Å². The minimum Gasteiger partial charge on any atom is -0.497 e. The summed E-state index contributed by atoms with van der Waals surface area (Å²) in [4.78, 5) is 4.90. The molecule has 4 rings (SSSR count). The number of hydrogen-bond acceptors (Lipinski definition) is 5. The van der Waals surface area contributed by atoms with Crippen molar-refractivity contribution in [3.8, 4) is 5.75 Å². The average molecular weight is 414 g/mol. The van der Waals surface area contributed by atoms with Gasteiger partial charge < -0.3 is 14.5 Å². The molecule has 154 valence electrons. The van der Waals surface area contributed by atoms with Gasteiger partial charge in [-0.3, -0.25) is 0 Å². The van der Waals surface area contributed by atoms with E-state index in [0.717, 1.165) is 37.0 Å². The summed E-state index contributed by atoms with van der Waals surface area (Å²) in [5.74, 6) is 0.628. The van der Waals surface area contributed by atoms with E-state index in [1.807, 2.05) is 18.2 Å². The summed E-state index contributed by atoms with van der Waals surface area (Å²) in [7, 11) is 2.14. The number of piperidine rings is 1. The molecule has 2 heterocycles. The van der Waals surface area contributed by atoms with Gasteiger partial charge in [0, 0.05) is 30.4 Å². The zero-order valence-corrected chi connectivity index (χ0v) is 17.9. The molecule has 1 saturated heterocycles. The third-order valence-electron chi connectivity index (χ3n) is 5.91. The van der Waals surface area contributed by atoms with Crippen LogP contribution in [0.25, 0.3) is 10.9 Å². The van der Waals surface area contributed by atoms with E-state index in [4.69, 9.17) is 4.74 Å². The Labute approximate surface area is 172 Å². The van der Waals surface area contributed by atoms with Gasteiger partial charge in [-0.1, -0.05) is 6.07 Å². The summed E-state index contributed by atoms with van der Waals surface area (Å²) in [6, 6.07) is 14.7. The predicted molar refractivity (Wildman–Crippen MR) is 116 cm³/mol. The van der Waals surface area contributed by atoms with E-state index < -0.39 is 10.0 Å². The van der Waals surface area contributed by atoms with Crippen molar-refractivity contribution < 1.29 is 13.2 Å². The molecule has 0 amide bonds. The van der Waals surface area contributed by atoms with Crippen LogP contribution in [-0.4, -0.2) is 57.6 Å². The molecule has 1 fully saturated rings. The summed E-state index contributed by atoms with van der Waals surface area (Å²) in [5, 5.41) is 0.950. The molecule has 3 aromatic rings. The van der Waals surface area contributed by atoms with E-state index in [2.05, 4.69) is 30.0 Å². The number of nitrogens with zero attached hydrogens (tertiary/aromatic N) is 3. The van der Waals surface area contributed by atoms with Crippen LogP contribution in [0.1, 0.15) is 12.8 Å². The highest BCUT2D eigenvalue weighted by Gasteiger charge is 2.24. The third kappa shape index (κ3) is 3.60. The molecule has 0 radical (unpaired) electrons. The van der Waals surface area contributed by atoms with Gasteiger partial charge in [0.2, 0.25) is 0 Å². The number of ether oxygens (including phenoxy) is 1. The Morgan fingerprint density at radius 1 is 1.03 bits per heavy atom. The first kappa shape index (κ1) is 19.8. The zero-order valence-electron chi connectivity index (χ0n) is 17.1. The van der Waals surface area contributed by atoms with Crippen LogP contribution in [-0.2, 0) is 10.0 Å². The second kappa shape index (κ2) is 7.72. The fourth-order valence-corrected chi connectivity index (χ4v) is 5.43. The summed E-state index contributed by atoms with van der Waals surface area (Å²) in [5.41, 5.74) is 1.76. The number of methoxy groups -OCH3 is 1. The molecular weight excluding hydrogens is 386 g/mol. The maximum Gasteiger partial charge on any atom is 0.268 e. The van der Waals surface area contributed by atoms with Crippen LogP contribution in [0.4, 0.5) is 5.69 Å². The van der Waals surface area contributed by atoms with Gasteiger partial charge in [-0.2, -0.15) is 0 Å². The topological polar surface area (TPSA) is 54.8 Å². The van der Waals surface area contributed by atoms with Gasteiger partial charge in [0.1, 0.15) is 5.75 Å². The lowest BCUT2D eigenvalue weighted by Crippen LogP contribution is -2.42. The summed E-state index contributed by atoms with van der Waals surface area (Å²) >= 11 is 0. The van der Waals surface area contributed by atoms with Gasteiger partial charge >= 0.3 is 0 Å². The van der Waals surface area contributed by atoms with Crippen molar-refractivity contribution >= 4 is 26.6 Å². The first-order chi connectivity index (χ1) is 13.9. The molecule has 0 unspecified atom stereocenters. The highest BCUT2D eigenvalue weighted by molar-refractivity contribution is 7.90. The first-order valence-corrected chi connectivity index (χ1v) is 11.3.